The van der Waals surface area contributed by atoms with Gasteiger partial charge in [0.1, 0.15) is 0 Å². The molecule has 0 fully saturated rings. The van der Waals surface area contributed by atoms with E-state index < -0.39 is 0 Å². The zero-order chi connectivity index (χ0) is 12.2. The summed E-state index contributed by atoms with van der Waals surface area (Å²) in [4.78, 5) is 7.77. The van der Waals surface area contributed by atoms with Crippen molar-refractivity contribution < 1.29 is 0 Å². The number of aromatic nitrogens is 2. The predicted molar refractivity (Wildman–Crippen MR) is 72.5 cm³/mol. The van der Waals surface area contributed by atoms with E-state index in [0.717, 1.165) is 33.2 Å². The number of halogens is 1. The van der Waals surface area contributed by atoms with Gasteiger partial charge >= 0.3 is 0 Å². The van der Waals surface area contributed by atoms with Crippen LogP contribution < -0.4 is 5.73 Å². The van der Waals surface area contributed by atoms with Gasteiger partial charge in [0.25, 0.3) is 0 Å². The van der Waals surface area contributed by atoms with Crippen molar-refractivity contribution in [3.8, 4) is 0 Å². The quantitative estimate of drug-likeness (QED) is 0.595. The van der Waals surface area contributed by atoms with E-state index in [4.69, 9.17) is 17.3 Å². The van der Waals surface area contributed by atoms with E-state index in [1.807, 2.05) is 19.9 Å². The Hall–Kier alpha value is -1.74. The van der Waals surface area contributed by atoms with Crippen molar-refractivity contribution in [1.82, 2.24) is 9.97 Å². The molecule has 0 amide bonds. The summed E-state index contributed by atoms with van der Waals surface area (Å²) in [5.41, 5.74) is 10.6. The van der Waals surface area contributed by atoms with Gasteiger partial charge in [0, 0.05) is 21.5 Å². The second kappa shape index (κ2) is 3.37. The lowest BCUT2D eigenvalue weighted by molar-refractivity contribution is 1.14. The van der Waals surface area contributed by atoms with Crippen molar-refractivity contribution >= 4 is 39.1 Å². The van der Waals surface area contributed by atoms with Gasteiger partial charge in [-0.05, 0) is 32.0 Å². The first-order valence-electron chi connectivity index (χ1n) is 5.41. The molecule has 3 aromatic rings. The number of rotatable bonds is 0. The van der Waals surface area contributed by atoms with Crippen LogP contribution in [-0.4, -0.2) is 9.97 Å². The number of nitrogens with zero attached hydrogens (tertiary/aromatic N) is 1. The number of pyridine rings is 1. The van der Waals surface area contributed by atoms with Crippen molar-refractivity contribution in [2.75, 3.05) is 5.73 Å². The van der Waals surface area contributed by atoms with E-state index >= 15 is 0 Å². The number of anilines is 1. The third kappa shape index (κ3) is 1.46. The minimum Gasteiger partial charge on any atom is -0.397 e. The lowest BCUT2D eigenvalue weighted by Crippen LogP contribution is -1.86. The van der Waals surface area contributed by atoms with E-state index in [2.05, 4.69) is 16.0 Å². The molecule has 3 rings (SSSR count). The van der Waals surface area contributed by atoms with Crippen LogP contribution in [0.15, 0.2) is 18.2 Å². The molecule has 0 unspecified atom stereocenters. The molecule has 2 aromatic heterocycles. The molecule has 0 aliphatic carbocycles. The summed E-state index contributed by atoms with van der Waals surface area (Å²) in [5, 5.41) is 2.83. The molecule has 3 N–H and O–H groups in total. The molecule has 0 radical (unpaired) electrons. The van der Waals surface area contributed by atoms with Crippen molar-refractivity contribution in [3.05, 3.63) is 34.6 Å². The molecule has 0 spiro atoms. The maximum Gasteiger partial charge on any atom is 0.0700 e. The summed E-state index contributed by atoms with van der Waals surface area (Å²) in [5.74, 6) is 0. The van der Waals surface area contributed by atoms with Gasteiger partial charge in [0.15, 0.2) is 0 Å². The average molecular weight is 246 g/mol. The SMILES string of the molecule is Cc1cc2c([nH]c3c(N)cc(Cl)cc32)c(C)n1. The number of nitrogens with two attached hydrogens (primary N) is 1. The second-order valence-electron chi connectivity index (χ2n) is 4.31. The molecule has 4 heteroatoms. The maximum atomic E-state index is 6.05. The van der Waals surface area contributed by atoms with Crippen molar-refractivity contribution in [1.29, 1.82) is 0 Å². The van der Waals surface area contributed by atoms with Crippen LogP contribution in [0.5, 0.6) is 0 Å². The summed E-state index contributed by atoms with van der Waals surface area (Å²) in [6.45, 7) is 3.97. The fraction of sp³-hybridized carbons (Fsp3) is 0.154. The van der Waals surface area contributed by atoms with Crippen molar-refractivity contribution in [3.63, 3.8) is 0 Å². The van der Waals surface area contributed by atoms with Crippen LogP contribution in [0, 0.1) is 13.8 Å². The molecule has 0 saturated carbocycles. The predicted octanol–water partition coefficient (Wildman–Crippen LogP) is 3.57. The van der Waals surface area contributed by atoms with Gasteiger partial charge in [-0.2, -0.15) is 0 Å². The normalized spacial score (nSPS) is 11.5. The fourth-order valence-electron chi connectivity index (χ4n) is 2.30. The molecule has 0 atom stereocenters. The topological polar surface area (TPSA) is 54.7 Å². The summed E-state index contributed by atoms with van der Waals surface area (Å²) in [6.07, 6.45) is 0. The van der Waals surface area contributed by atoms with Crippen LogP contribution in [0.4, 0.5) is 5.69 Å². The number of benzene rings is 1. The Morgan fingerprint density at radius 3 is 2.59 bits per heavy atom. The Kier molecular flexibility index (Phi) is 2.07. The first-order chi connectivity index (χ1) is 8.06. The highest BCUT2D eigenvalue weighted by Gasteiger charge is 2.10. The van der Waals surface area contributed by atoms with Gasteiger partial charge in [-0.25, -0.2) is 0 Å². The zero-order valence-corrected chi connectivity index (χ0v) is 10.4. The van der Waals surface area contributed by atoms with E-state index in [1.54, 1.807) is 6.07 Å². The number of hydrogen-bond donors (Lipinski definition) is 2. The highest BCUT2D eigenvalue weighted by Crippen LogP contribution is 2.33. The maximum absolute atomic E-state index is 6.05. The fourth-order valence-corrected chi connectivity index (χ4v) is 2.53. The molecule has 2 heterocycles. The Morgan fingerprint density at radius 1 is 1.12 bits per heavy atom. The van der Waals surface area contributed by atoms with Crippen LogP contribution in [0.3, 0.4) is 0 Å². The van der Waals surface area contributed by atoms with Gasteiger partial charge in [0.2, 0.25) is 0 Å². The van der Waals surface area contributed by atoms with Crippen molar-refractivity contribution in [2.24, 2.45) is 0 Å². The van der Waals surface area contributed by atoms with Crippen LogP contribution in [0.2, 0.25) is 5.02 Å². The van der Waals surface area contributed by atoms with E-state index in [1.165, 1.54) is 0 Å². The molecular formula is C13H12ClN3. The number of aromatic amines is 1. The second-order valence-corrected chi connectivity index (χ2v) is 4.75. The molecule has 3 nitrogen and oxygen atoms in total. The van der Waals surface area contributed by atoms with Gasteiger partial charge in [0.05, 0.1) is 22.4 Å². The standard InChI is InChI=1S/C13H12ClN3/c1-6-3-9-10-4-8(14)5-11(15)13(10)17-12(9)7(2)16-6/h3-5,17H,15H2,1-2H3. The van der Waals surface area contributed by atoms with E-state index in [9.17, 15) is 0 Å². The number of H-pyrrole nitrogens is 1. The Balaban J connectivity index is 2.60. The van der Waals surface area contributed by atoms with Crippen LogP contribution in [0.1, 0.15) is 11.4 Å². The number of nitrogens with one attached hydrogen (secondary N) is 1. The Morgan fingerprint density at radius 2 is 1.82 bits per heavy atom. The first-order valence-corrected chi connectivity index (χ1v) is 5.78. The van der Waals surface area contributed by atoms with Gasteiger partial charge in [-0.15, -0.1) is 0 Å². The highest BCUT2D eigenvalue weighted by atomic mass is 35.5. The Bertz CT molecular complexity index is 681. The summed E-state index contributed by atoms with van der Waals surface area (Å²) in [6, 6.07) is 5.75. The summed E-state index contributed by atoms with van der Waals surface area (Å²) >= 11 is 6.05. The van der Waals surface area contributed by atoms with Crippen LogP contribution in [0.25, 0.3) is 21.8 Å². The first kappa shape index (κ1) is 10.4. The van der Waals surface area contributed by atoms with E-state index in [-0.39, 0.29) is 0 Å². The Labute approximate surface area is 104 Å². The minimum atomic E-state index is 0.656. The molecule has 0 aliphatic rings. The van der Waals surface area contributed by atoms with Crippen LogP contribution in [-0.2, 0) is 0 Å². The lowest BCUT2D eigenvalue weighted by Gasteiger charge is -1.98. The number of nitrogen functional groups attached to an aromatic ring is 1. The van der Waals surface area contributed by atoms with Crippen LogP contribution >= 0.6 is 11.6 Å². The highest BCUT2D eigenvalue weighted by molar-refractivity contribution is 6.32. The molecule has 0 aliphatic heterocycles. The number of hydrogen-bond acceptors (Lipinski definition) is 2. The molecule has 86 valence electrons. The number of fused-ring (bicyclic) bond motifs is 3. The smallest absolute Gasteiger partial charge is 0.0700 e. The summed E-state index contributed by atoms with van der Waals surface area (Å²) in [7, 11) is 0. The van der Waals surface area contributed by atoms with Gasteiger partial charge < -0.3 is 10.7 Å². The lowest BCUT2D eigenvalue weighted by atomic mass is 10.1. The average Bonchev–Trinajstić information content (AvgIpc) is 2.58. The zero-order valence-electron chi connectivity index (χ0n) is 9.63. The molecule has 0 saturated heterocycles. The summed E-state index contributed by atoms with van der Waals surface area (Å²) < 4.78 is 0. The number of aryl methyl sites for hydroxylation is 2. The van der Waals surface area contributed by atoms with Gasteiger partial charge in [-0.1, -0.05) is 11.6 Å². The monoisotopic (exact) mass is 245 g/mol. The third-order valence-corrected chi connectivity index (χ3v) is 3.22. The molecular weight excluding hydrogens is 234 g/mol. The molecule has 1 aromatic carbocycles. The van der Waals surface area contributed by atoms with Gasteiger partial charge in [-0.3, -0.25) is 4.98 Å². The third-order valence-electron chi connectivity index (χ3n) is 3.00. The minimum absolute atomic E-state index is 0.656. The van der Waals surface area contributed by atoms with E-state index in [0.29, 0.717) is 10.7 Å². The molecule has 0 bridgehead atoms. The van der Waals surface area contributed by atoms with Crippen molar-refractivity contribution in [2.45, 2.75) is 13.8 Å². The largest absolute Gasteiger partial charge is 0.397 e. The molecule has 17 heavy (non-hydrogen) atoms.